The maximum atomic E-state index is 13.0. The Morgan fingerprint density at radius 3 is 2.62 bits per heavy atom. The number of carbonyl (C=O) groups is 1. The lowest BCUT2D eigenvalue weighted by atomic mass is 10.0. The summed E-state index contributed by atoms with van der Waals surface area (Å²) < 4.78 is 0. The van der Waals surface area contributed by atoms with E-state index in [2.05, 4.69) is 5.32 Å². The van der Waals surface area contributed by atoms with E-state index in [1.807, 2.05) is 42.3 Å². The van der Waals surface area contributed by atoms with Crippen molar-refractivity contribution < 1.29 is 4.79 Å². The number of likely N-dealkylation sites (tertiary alicyclic amines) is 1. The molecule has 4 rings (SSSR count). The molecule has 1 saturated carbocycles. The number of aromatic nitrogens is 1. The number of likely N-dealkylation sites (N-methyl/N-ethyl adjacent to an activating group) is 1. The molecule has 1 amide bonds. The third kappa shape index (κ3) is 3.51. The number of nitrogens with zero attached hydrogens (tertiary/aromatic N) is 2. The summed E-state index contributed by atoms with van der Waals surface area (Å²) in [6, 6.07) is 10.5. The maximum Gasteiger partial charge on any atom is 0.254 e. The van der Waals surface area contributed by atoms with Crippen molar-refractivity contribution in [3.05, 3.63) is 41.6 Å². The van der Waals surface area contributed by atoms with E-state index in [4.69, 9.17) is 4.98 Å². The third-order valence-electron chi connectivity index (χ3n) is 4.85. The van der Waals surface area contributed by atoms with Gasteiger partial charge < -0.3 is 10.2 Å². The number of pyridine rings is 1. The van der Waals surface area contributed by atoms with E-state index in [0.717, 1.165) is 41.7 Å². The highest BCUT2D eigenvalue weighted by molar-refractivity contribution is 6.06. The van der Waals surface area contributed by atoms with E-state index in [1.54, 1.807) is 0 Å². The van der Waals surface area contributed by atoms with E-state index >= 15 is 0 Å². The first-order chi connectivity index (χ1) is 10.8. The van der Waals surface area contributed by atoms with Crippen molar-refractivity contribution in [2.24, 2.45) is 0 Å². The lowest BCUT2D eigenvalue weighted by molar-refractivity contribution is 0.0791. The van der Waals surface area contributed by atoms with Gasteiger partial charge in [0.2, 0.25) is 0 Å². The predicted molar refractivity (Wildman–Crippen MR) is 102 cm³/mol. The summed E-state index contributed by atoms with van der Waals surface area (Å²) in [5, 5.41) is 4.25. The number of fused-ring (bicyclic) bond motifs is 1. The Morgan fingerprint density at radius 2 is 1.96 bits per heavy atom. The number of nitrogens with one attached hydrogen (secondary N) is 1. The number of halogens is 2. The molecule has 1 aliphatic carbocycles. The minimum Gasteiger partial charge on any atom is -0.337 e. The number of rotatable bonds is 3. The van der Waals surface area contributed by atoms with Crippen molar-refractivity contribution in [1.82, 2.24) is 15.2 Å². The van der Waals surface area contributed by atoms with E-state index in [-0.39, 0.29) is 30.7 Å². The van der Waals surface area contributed by atoms with Crippen LogP contribution in [-0.2, 0) is 0 Å². The maximum absolute atomic E-state index is 13.0. The molecule has 2 aliphatic rings. The van der Waals surface area contributed by atoms with E-state index in [1.165, 1.54) is 12.8 Å². The fourth-order valence-corrected chi connectivity index (χ4v) is 3.31. The van der Waals surface area contributed by atoms with Crippen molar-refractivity contribution in [3.63, 3.8) is 0 Å². The molecule has 24 heavy (non-hydrogen) atoms. The highest BCUT2D eigenvalue weighted by atomic mass is 35.5. The summed E-state index contributed by atoms with van der Waals surface area (Å²) in [5.74, 6) is 0.707. The quantitative estimate of drug-likeness (QED) is 0.903. The molecule has 0 spiro atoms. The molecule has 1 aliphatic heterocycles. The first-order valence-corrected chi connectivity index (χ1v) is 8.12. The van der Waals surface area contributed by atoms with Crippen LogP contribution in [0.25, 0.3) is 10.9 Å². The second-order valence-corrected chi connectivity index (χ2v) is 6.41. The van der Waals surface area contributed by atoms with E-state index < -0.39 is 0 Å². The first kappa shape index (κ1) is 19.0. The smallest absolute Gasteiger partial charge is 0.254 e. The van der Waals surface area contributed by atoms with Crippen molar-refractivity contribution >= 4 is 41.6 Å². The standard InChI is InChI=1S/C18H21N3O.2ClH/c1-19-13-8-9-21(11-13)18(22)15-10-17(12-6-7-12)20-16-5-3-2-4-14(15)16;;/h2-5,10,12-13,19H,6-9,11H2,1H3;2*1H. The van der Waals surface area contributed by atoms with Gasteiger partial charge in [0.1, 0.15) is 0 Å². The molecule has 0 bridgehead atoms. The molecule has 1 saturated heterocycles. The second-order valence-electron chi connectivity index (χ2n) is 6.41. The summed E-state index contributed by atoms with van der Waals surface area (Å²) in [7, 11) is 1.96. The molecule has 1 aromatic heterocycles. The average Bonchev–Trinajstić information content (AvgIpc) is 3.30. The molecule has 1 atom stereocenters. The summed E-state index contributed by atoms with van der Waals surface area (Å²) in [6.45, 7) is 1.63. The Hall–Kier alpha value is -1.36. The summed E-state index contributed by atoms with van der Waals surface area (Å²) in [5.41, 5.74) is 2.86. The van der Waals surface area contributed by atoms with Crippen molar-refractivity contribution in [3.8, 4) is 0 Å². The number of hydrogen-bond acceptors (Lipinski definition) is 3. The van der Waals surface area contributed by atoms with Crippen LogP contribution >= 0.6 is 24.8 Å². The van der Waals surface area contributed by atoms with Gasteiger partial charge >= 0.3 is 0 Å². The van der Waals surface area contributed by atoms with Gasteiger partial charge in [-0.15, -0.1) is 24.8 Å². The van der Waals surface area contributed by atoms with Crippen LogP contribution in [0.4, 0.5) is 0 Å². The molecule has 2 aromatic rings. The summed E-state index contributed by atoms with van der Waals surface area (Å²) in [4.78, 5) is 19.7. The topological polar surface area (TPSA) is 45.2 Å². The van der Waals surface area contributed by atoms with E-state index in [9.17, 15) is 4.79 Å². The number of amides is 1. The monoisotopic (exact) mass is 367 g/mol. The minimum absolute atomic E-state index is 0. The SMILES string of the molecule is CNC1CCN(C(=O)c2cc(C3CC3)nc3ccccc23)C1.Cl.Cl. The van der Waals surface area contributed by atoms with Crippen LogP contribution in [0, 0.1) is 0 Å². The molecule has 4 nitrogen and oxygen atoms in total. The van der Waals surface area contributed by atoms with Gasteiger partial charge in [-0.1, -0.05) is 18.2 Å². The van der Waals surface area contributed by atoms with Crippen LogP contribution in [0.5, 0.6) is 0 Å². The highest BCUT2D eigenvalue weighted by Gasteiger charge is 2.30. The zero-order chi connectivity index (χ0) is 15.1. The molecular formula is C18H23Cl2N3O. The Labute approximate surface area is 154 Å². The summed E-state index contributed by atoms with van der Waals surface area (Å²) in [6.07, 6.45) is 3.43. The van der Waals surface area contributed by atoms with Gasteiger partial charge in [-0.25, -0.2) is 0 Å². The molecular weight excluding hydrogens is 345 g/mol. The molecule has 2 fully saturated rings. The second kappa shape index (κ2) is 7.68. The lowest BCUT2D eigenvalue weighted by Gasteiger charge is -2.18. The van der Waals surface area contributed by atoms with Crippen LogP contribution in [0.2, 0.25) is 0 Å². The molecule has 1 unspecified atom stereocenters. The largest absolute Gasteiger partial charge is 0.337 e. The Morgan fingerprint density at radius 1 is 1.21 bits per heavy atom. The van der Waals surface area contributed by atoms with Gasteiger partial charge in [0.15, 0.2) is 0 Å². The van der Waals surface area contributed by atoms with Crippen molar-refractivity contribution in [2.75, 3.05) is 20.1 Å². The molecule has 1 aromatic carbocycles. The number of benzene rings is 1. The fraction of sp³-hybridized carbons (Fsp3) is 0.444. The zero-order valence-electron chi connectivity index (χ0n) is 13.7. The first-order valence-electron chi connectivity index (χ1n) is 8.12. The molecule has 0 radical (unpaired) electrons. The van der Waals surface area contributed by atoms with Gasteiger partial charge in [0.25, 0.3) is 5.91 Å². The van der Waals surface area contributed by atoms with Crippen molar-refractivity contribution in [2.45, 2.75) is 31.2 Å². The third-order valence-corrected chi connectivity index (χ3v) is 4.85. The molecule has 130 valence electrons. The van der Waals surface area contributed by atoms with Gasteiger partial charge in [-0.05, 0) is 38.4 Å². The molecule has 2 heterocycles. The fourth-order valence-electron chi connectivity index (χ4n) is 3.31. The van der Waals surface area contributed by atoms with Crippen LogP contribution in [0.15, 0.2) is 30.3 Å². The predicted octanol–water partition coefficient (Wildman–Crippen LogP) is 3.39. The van der Waals surface area contributed by atoms with Gasteiger partial charge in [-0.2, -0.15) is 0 Å². The number of carbonyl (C=O) groups excluding carboxylic acids is 1. The summed E-state index contributed by atoms with van der Waals surface area (Å²) >= 11 is 0. The Balaban J connectivity index is 0.00000104. The molecule has 6 heteroatoms. The van der Waals surface area contributed by atoms with E-state index in [0.29, 0.717) is 12.0 Å². The van der Waals surface area contributed by atoms with Crippen LogP contribution in [-0.4, -0.2) is 42.0 Å². The lowest BCUT2D eigenvalue weighted by Crippen LogP contribution is -2.33. The van der Waals surface area contributed by atoms with Gasteiger partial charge in [-0.3, -0.25) is 9.78 Å². The van der Waals surface area contributed by atoms with Crippen LogP contribution in [0.1, 0.15) is 41.2 Å². The normalized spacial score (nSPS) is 19.7. The van der Waals surface area contributed by atoms with Crippen LogP contribution in [0.3, 0.4) is 0 Å². The minimum atomic E-state index is 0. The molecule has 1 N–H and O–H groups in total. The highest BCUT2D eigenvalue weighted by Crippen LogP contribution is 2.40. The average molecular weight is 368 g/mol. The number of para-hydroxylation sites is 1. The van der Waals surface area contributed by atoms with Gasteiger partial charge in [0, 0.05) is 36.1 Å². The van der Waals surface area contributed by atoms with Crippen LogP contribution < -0.4 is 5.32 Å². The van der Waals surface area contributed by atoms with Crippen molar-refractivity contribution in [1.29, 1.82) is 0 Å². The Kier molecular flexibility index (Phi) is 6.07. The zero-order valence-corrected chi connectivity index (χ0v) is 15.3. The number of hydrogen-bond donors (Lipinski definition) is 1. The Bertz CT molecular complexity index is 733. The van der Waals surface area contributed by atoms with Gasteiger partial charge in [0.05, 0.1) is 11.1 Å².